The lowest BCUT2D eigenvalue weighted by molar-refractivity contribution is 0.509. The minimum Gasteiger partial charge on any atom is -0.448 e. The van der Waals surface area contributed by atoms with E-state index in [1.54, 1.807) is 0 Å². The van der Waals surface area contributed by atoms with E-state index >= 15 is 0 Å². The average molecular weight is 342 g/mol. The molecule has 17 heavy (non-hydrogen) atoms. The SMILES string of the molecule is Fc1cc(C(Cl)c2ccc(Cl)o2)c(F)cc1Br. The molecule has 0 radical (unpaired) electrons. The van der Waals surface area contributed by atoms with Crippen LogP contribution in [0, 0.1) is 11.6 Å². The van der Waals surface area contributed by atoms with Crippen LogP contribution in [0.25, 0.3) is 0 Å². The monoisotopic (exact) mass is 340 g/mol. The van der Waals surface area contributed by atoms with E-state index in [1.165, 1.54) is 12.1 Å². The van der Waals surface area contributed by atoms with Gasteiger partial charge in [-0.1, -0.05) is 0 Å². The van der Waals surface area contributed by atoms with Crippen LogP contribution in [0.2, 0.25) is 5.22 Å². The third kappa shape index (κ3) is 2.64. The molecule has 0 aliphatic carbocycles. The number of alkyl halides is 1. The highest BCUT2D eigenvalue weighted by Gasteiger charge is 2.20. The van der Waals surface area contributed by atoms with Crippen LogP contribution in [0.3, 0.4) is 0 Å². The molecule has 0 N–H and O–H groups in total. The molecule has 0 amide bonds. The Bertz CT molecular complexity index is 556. The van der Waals surface area contributed by atoms with Gasteiger partial charge in [-0.2, -0.15) is 0 Å². The molecule has 1 atom stereocenters. The van der Waals surface area contributed by atoms with E-state index in [0.717, 1.165) is 12.1 Å². The Labute approximate surface area is 114 Å². The summed E-state index contributed by atoms with van der Waals surface area (Å²) in [6.07, 6.45) is 0. The molecule has 1 heterocycles. The predicted octanol–water partition coefficient (Wildman–Crippen LogP) is 5.30. The van der Waals surface area contributed by atoms with E-state index in [1.807, 2.05) is 0 Å². The quantitative estimate of drug-likeness (QED) is 0.533. The fraction of sp³-hybridized carbons (Fsp3) is 0.0909. The average Bonchev–Trinajstić information content (AvgIpc) is 2.69. The van der Waals surface area contributed by atoms with Gasteiger partial charge in [-0.05, 0) is 51.8 Å². The van der Waals surface area contributed by atoms with Crippen LogP contribution in [-0.2, 0) is 0 Å². The van der Waals surface area contributed by atoms with Gasteiger partial charge in [0.05, 0.1) is 4.47 Å². The highest BCUT2D eigenvalue weighted by Crippen LogP contribution is 2.34. The smallest absolute Gasteiger partial charge is 0.193 e. The van der Waals surface area contributed by atoms with Crippen LogP contribution in [-0.4, -0.2) is 0 Å². The fourth-order valence-corrected chi connectivity index (χ4v) is 2.10. The molecule has 1 aromatic carbocycles. The topological polar surface area (TPSA) is 13.1 Å². The third-order valence-corrected chi connectivity index (χ3v) is 3.42. The van der Waals surface area contributed by atoms with Gasteiger partial charge in [-0.15, -0.1) is 11.6 Å². The maximum atomic E-state index is 13.6. The van der Waals surface area contributed by atoms with E-state index < -0.39 is 17.0 Å². The van der Waals surface area contributed by atoms with Crippen molar-refractivity contribution in [3.8, 4) is 0 Å². The van der Waals surface area contributed by atoms with Crippen molar-refractivity contribution in [2.45, 2.75) is 5.38 Å². The first-order valence-electron chi connectivity index (χ1n) is 4.53. The first-order valence-corrected chi connectivity index (χ1v) is 6.13. The minimum atomic E-state index is -0.926. The zero-order valence-electron chi connectivity index (χ0n) is 8.18. The Kier molecular flexibility index (Phi) is 3.76. The summed E-state index contributed by atoms with van der Waals surface area (Å²) in [5.74, 6) is -0.951. The van der Waals surface area contributed by atoms with Gasteiger partial charge in [0.25, 0.3) is 0 Å². The molecule has 6 heteroatoms. The van der Waals surface area contributed by atoms with E-state index in [4.69, 9.17) is 27.6 Å². The number of rotatable bonds is 2. The van der Waals surface area contributed by atoms with Crippen molar-refractivity contribution in [2.75, 3.05) is 0 Å². The van der Waals surface area contributed by atoms with Crippen molar-refractivity contribution < 1.29 is 13.2 Å². The first-order chi connectivity index (χ1) is 7.99. The number of halogens is 5. The molecule has 90 valence electrons. The summed E-state index contributed by atoms with van der Waals surface area (Å²) in [6.45, 7) is 0. The maximum Gasteiger partial charge on any atom is 0.193 e. The Balaban J connectivity index is 2.43. The van der Waals surface area contributed by atoms with Crippen LogP contribution in [0.15, 0.2) is 33.2 Å². The van der Waals surface area contributed by atoms with Crippen molar-refractivity contribution in [1.29, 1.82) is 0 Å². The lowest BCUT2D eigenvalue weighted by Crippen LogP contribution is -1.97. The van der Waals surface area contributed by atoms with E-state index in [2.05, 4.69) is 15.9 Å². The molecule has 2 aromatic rings. The Morgan fingerprint density at radius 3 is 2.47 bits per heavy atom. The molecule has 1 unspecified atom stereocenters. The standard InChI is InChI=1S/C11H5BrCl2F2O/c12-6-4-7(15)5(3-8(6)16)11(14)9-1-2-10(13)17-9/h1-4,11H. The van der Waals surface area contributed by atoms with Crippen molar-refractivity contribution in [3.05, 3.63) is 56.9 Å². The maximum absolute atomic E-state index is 13.6. The van der Waals surface area contributed by atoms with Crippen molar-refractivity contribution in [1.82, 2.24) is 0 Å². The van der Waals surface area contributed by atoms with Crippen LogP contribution in [0.4, 0.5) is 8.78 Å². The van der Waals surface area contributed by atoms with Crippen LogP contribution >= 0.6 is 39.1 Å². The van der Waals surface area contributed by atoms with Gasteiger partial charge >= 0.3 is 0 Å². The van der Waals surface area contributed by atoms with Crippen LogP contribution < -0.4 is 0 Å². The third-order valence-electron chi connectivity index (χ3n) is 2.16. The number of hydrogen-bond acceptors (Lipinski definition) is 1. The molecule has 0 bridgehead atoms. The van der Waals surface area contributed by atoms with Crippen molar-refractivity contribution in [3.63, 3.8) is 0 Å². The van der Waals surface area contributed by atoms with Gasteiger partial charge in [0.15, 0.2) is 5.22 Å². The molecule has 0 spiro atoms. The summed E-state index contributed by atoms with van der Waals surface area (Å²) >= 11 is 14.5. The van der Waals surface area contributed by atoms with E-state index in [9.17, 15) is 8.78 Å². The number of hydrogen-bond donors (Lipinski definition) is 0. The summed E-state index contributed by atoms with van der Waals surface area (Å²) in [6, 6.07) is 5.04. The minimum absolute atomic E-state index is 0.00150. The lowest BCUT2D eigenvalue weighted by Gasteiger charge is -2.09. The summed E-state index contributed by atoms with van der Waals surface area (Å²) in [4.78, 5) is 0. The van der Waals surface area contributed by atoms with Gasteiger partial charge < -0.3 is 4.42 Å². The second kappa shape index (κ2) is 4.96. The van der Waals surface area contributed by atoms with Gasteiger partial charge in [-0.25, -0.2) is 8.78 Å². The lowest BCUT2D eigenvalue weighted by atomic mass is 10.1. The van der Waals surface area contributed by atoms with Crippen molar-refractivity contribution >= 4 is 39.1 Å². The summed E-state index contributed by atoms with van der Waals surface area (Å²) in [5.41, 5.74) is -0.00150. The molecule has 0 aliphatic rings. The van der Waals surface area contributed by atoms with Gasteiger partial charge in [0, 0.05) is 5.56 Å². The van der Waals surface area contributed by atoms with Gasteiger partial charge in [0.1, 0.15) is 22.8 Å². The van der Waals surface area contributed by atoms with Gasteiger partial charge in [0.2, 0.25) is 0 Å². The van der Waals surface area contributed by atoms with E-state index in [0.29, 0.717) is 0 Å². The van der Waals surface area contributed by atoms with Crippen molar-refractivity contribution in [2.24, 2.45) is 0 Å². The molecule has 1 nitrogen and oxygen atoms in total. The van der Waals surface area contributed by atoms with E-state index in [-0.39, 0.29) is 21.0 Å². The molecular weight excluding hydrogens is 337 g/mol. The Morgan fingerprint density at radius 1 is 1.18 bits per heavy atom. The molecule has 0 aliphatic heterocycles. The normalized spacial score (nSPS) is 12.8. The number of benzene rings is 1. The van der Waals surface area contributed by atoms with Crippen LogP contribution in [0.5, 0.6) is 0 Å². The molecular formula is C11H5BrCl2F2O. The Morgan fingerprint density at radius 2 is 1.88 bits per heavy atom. The zero-order chi connectivity index (χ0) is 12.6. The Hall–Kier alpha value is -0.580. The summed E-state index contributed by atoms with van der Waals surface area (Å²) in [5, 5.41) is -0.784. The summed E-state index contributed by atoms with van der Waals surface area (Å²) in [7, 11) is 0. The summed E-state index contributed by atoms with van der Waals surface area (Å²) < 4.78 is 32.0. The molecule has 0 saturated heterocycles. The first kappa shape index (κ1) is 12.9. The van der Waals surface area contributed by atoms with Gasteiger partial charge in [-0.3, -0.25) is 0 Å². The second-order valence-corrected chi connectivity index (χ2v) is 4.96. The molecule has 0 saturated carbocycles. The largest absolute Gasteiger partial charge is 0.448 e. The zero-order valence-corrected chi connectivity index (χ0v) is 11.3. The highest BCUT2D eigenvalue weighted by atomic mass is 79.9. The molecule has 1 aromatic heterocycles. The molecule has 0 fully saturated rings. The fourth-order valence-electron chi connectivity index (χ4n) is 1.35. The predicted molar refractivity (Wildman–Crippen MR) is 65.5 cm³/mol. The highest BCUT2D eigenvalue weighted by molar-refractivity contribution is 9.10. The number of furan rings is 1. The van der Waals surface area contributed by atoms with Crippen LogP contribution in [0.1, 0.15) is 16.7 Å². The molecule has 2 rings (SSSR count). The second-order valence-electron chi connectivity index (χ2n) is 3.29.